The number of aromatic nitrogens is 2. The van der Waals surface area contributed by atoms with E-state index in [0.717, 1.165) is 47.8 Å². The van der Waals surface area contributed by atoms with Gasteiger partial charge in [0.1, 0.15) is 11.5 Å². The molecule has 0 atom stereocenters. The van der Waals surface area contributed by atoms with Gasteiger partial charge < -0.3 is 10.3 Å². The summed E-state index contributed by atoms with van der Waals surface area (Å²) in [4.78, 5) is 19.9. The van der Waals surface area contributed by atoms with Crippen molar-refractivity contribution in [1.29, 1.82) is 0 Å². The molecular formula is C23H28N4O3S. The largest absolute Gasteiger partial charge is 0.346 e. The van der Waals surface area contributed by atoms with Gasteiger partial charge in [0, 0.05) is 23.2 Å². The fourth-order valence-electron chi connectivity index (χ4n) is 3.68. The molecule has 4 rings (SSSR count). The van der Waals surface area contributed by atoms with Crippen molar-refractivity contribution in [3.63, 3.8) is 0 Å². The Morgan fingerprint density at radius 3 is 2.68 bits per heavy atom. The van der Waals surface area contributed by atoms with Crippen molar-refractivity contribution >= 4 is 38.5 Å². The third-order valence-electron chi connectivity index (χ3n) is 5.54. The van der Waals surface area contributed by atoms with E-state index in [0.29, 0.717) is 23.6 Å². The van der Waals surface area contributed by atoms with Gasteiger partial charge in [-0.25, -0.2) is 13.4 Å². The molecule has 1 aliphatic rings. The molecule has 8 heteroatoms. The number of aromatic amines is 1. The van der Waals surface area contributed by atoms with Gasteiger partial charge in [0.2, 0.25) is 15.9 Å². The predicted molar refractivity (Wildman–Crippen MR) is 125 cm³/mol. The van der Waals surface area contributed by atoms with Crippen molar-refractivity contribution in [3.8, 4) is 11.1 Å². The third-order valence-corrected chi connectivity index (χ3v) is 6.92. The van der Waals surface area contributed by atoms with Crippen LogP contribution in [-0.2, 0) is 21.2 Å². The lowest BCUT2D eigenvalue weighted by molar-refractivity contribution is -0.117. The summed E-state index contributed by atoms with van der Waals surface area (Å²) in [6.45, 7) is 4.01. The van der Waals surface area contributed by atoms with E-state index >= 15 is 0 Å². The minimum Gasteiger partial charge on any atom is -0.346 e. The van der Waals surface area contributed by atoms with Crippen LogP contribution in [0, 0.1) is 5.92 Å². The first kappa shape index (κ1) is 21.4. The first-order valence-electron chi connectivity index (χ1n) is 10.8. The molecule has 7 nitrogen and oxygen atoms in total. The van der Waals surface area contributed by atoms with Crippen LogP contribution >= 0.6 is 0 Å². The maximum absolute atomic E-state index is 12.3. The fraction of sp³-hybridized carbons (Fsp3) is 0.391. The first-order valence-corrected chi connectivity index (χ1v) is 12.5. The van der Waals surface area contributed by atoms with Gasteiger partial charge in [-0.1, -0.05) is 26.3 Å². The van der Waals surface area contributed by atoms with Crippen LogP contribution in [0.1, 0.15) is 45.1 Å². The highest BCUT2D eigenvalue weighted by molar-refractivity contribution is 7.92. The molecule has 1 aromatic carbocycles. The normalized spacial score (nSPS) is 14.0. The second kappa shape index (κ2) is 8.70. The highest BCUT2D eigenvalue weighted by atomic mass is 32.2. The Kier molecular flexibility index (Phi) is 6.00. The number of benzene rings is 1. The van der Waals surface area contributed by atoms with Gasteiger partial charge in [0.25, 0.3) is 0 Å². The molecule has 164 valence electrons. The number of amides is 1. The van der Waals surface area contributed by atoms with Gasteiger partial charge >= 0.3 is 0 Å². The number of fused-ring (bicyclic) bond motifs is 1. The van der Waals surface area contributed by atoms with Crippen molar-refractivity contribution in [1.82, 2.24) is 9.97 Å². The lowest BCUT2D eigenvalue weighted by atomic mass is 9.96. The van der Waals surface area contributed by atoms with Gasteiger partial charge in [-0.2, -0.15) is 0 Å². The number of nitrogens with zero attached hydrogens (tertiary/aromatic N) is 1. The van der Waals surface area contributed by atoms with E-state index in [2.05, 4.69) is 20.0 Å². The van der Waals surface area contributed by atoms with E-state index in [9.17, 15) is 13.2 Å². The van der Waals surface area contributed by atoms with Gasteiger partial charge in [0.05, 0.1) is 5.75 Å². The summed E-state index contributed by atoms with van der Waals surface area (Å²) in [7, 11) is -3.36. The Morgan fingerprint density at radius 1 is 1.16 bits per heavy atom. The van der Waals surface area contributed by atoms with Gasteiger partial charge in [-0.15, -0.1) is 0 Å². The molecule has 2 heterocycles. The molecule has 0 saturated heterocycles. The van der Waals surface area contributed by atoms with Crippen LogP contribution in [0.5, 0.6) is 0 Å². The maximum atomic E-state index is 12.3. The second-order valence-electron chi connectivity index (χ2n) is 8.06. The number of hydrogen-bond donors (Lipinski definition) is 3. The number of aryl methyl sites for hydroxylation is 1. The summed E-state index contributed by atoms with van der Waals surface area (Å²) in [6, 6.07) is 9.48. The molecule has 3 N–H and O–H groups in total. The lowest BCUT2D eigenvalue weighted by Crippen LogP contribution is -2.16. The number of unbranched alkanes of at least 4 members (excludes halogenated alkanes) is 1. The number of nitrogens with one attached hydrogen (secondary N) is 3. The van der Waals surface area contributed by atoms with Crippen LogP contribution in [-0.4, -0.2) is 30.0 Å². The van der Waals surface area contributed by atoms with E-state index in [1.54, 1.807) is 6.07 Å². The Balaban J connectivity index is 1.69. The monoisotopic (exact) mass is 440 g/mol. The summed E-state index contributed by atoms with van der Waals surface area (Å²) in [5.74, 6) is 0.742. The van der Waals surface area contributed by atoms with Crippen LogP contribution in [0.2, 0.25) is 0 Å². The first-order chi connectivity index (χ1) is 14.9. The zero-order valence-electron chi connectivity index (χ0n) is 17.9. The molecule has 1 aliphatic carbocycles. The molecule has 0 aliphatic heterocycles. The SMILES string of the molecule is CCCCS(=O)(=O)Nc1ccc(-c2cc(NC(=O)C3CC3)nc3[nH]ccc23)c(CC)c1. The number of anilines is 2. The van der Waals surface area contributed by atoms with E-state index < -0.39 is 10.0 Å². The number of carbonyl (C=O) groups excluding carboxylic acids is 1. The highest BCUT2D eigenvalue weighted by Crippen LogP contribution is 2.35. The van der Waals surface area contributed by atoms with Crippen LogP contribution in [0.4, 0.5) is 11.5 Å². The van der Waals surface area contributed by atoms with Crippen LogP contribution in [0.15, 0.2) is 36.5 Å². The number of H-pyrrole nitrogens is 1. The molecule has 0 unspecified atom stereocenters. The molecule has 1 amide bonds. The molecule has 0 radical (unpaired) electrons. The summed E-state index contributed by atoms with van der Waals surface area (Å²) in [6.07, 6.45) is 5.88. The van der Waals surface area contributed by atoms with Crippen LogP contribution in [0.25, 0.3) is 22.2 Å². The Bertz CT molecular complexity index is 1210. The van der Waals surface area contributed by atoms with Gasteiger partial charge in [0.15, 0.2) is 0 Å². The molecule has 0 spiro atoms. The minimum atomic E-state index is -3.36. The second-order valence-corrected chi connectivity index (χ2v) is 9.90. The number of hydrogen-bond acceptors (Lipinski definition) is 4. The molecular weight excluding hydrogens is 412 g/mol. The number of pyridine rings is 1. The number of rotatable bonds is 9. The van der Waals surface area contributed by atoms with E-state index in [-0.39, 0.29) is 17.6 Å². The predicted octanol–water partition coefficient (Wildman–Crippen LogP) is 4.68. The quantitative estimate of drug-likeness (QED) is 0.449. The number of sulfonamides is 1. The Morgan fingerprint density at radius 2 is 1.97 bits per heavy atom. The number of carbonyl (C=O) groups is 1. The molecule has 1 saturated carbocycles. The van der Waals surface area contributed by atoms with Crippen molar-refractivity contribution in [2.24, 2.45) is 5.92 Å². The smallest absolute Gasteiger partial charge is 0.232 e. The average Bonchev–Trinajstić information content (AvgIpc) is 3.49. The Hall–Kier alpha value is -2.87. The molecule has 2 aromatic heterocycles. The zero-order valence-corrected chi connectivity index (χ0v) is 18.7. The summed E-state index contributed by atoms with van der Waals surface area (Å²) < 4.78 is 27.3. The molecule has 0 bridgehead atoms. The highest BCUT2D eigenvalue weighted by Gasteiger charge is 2.30. The van der Waals surface area contributed by atoms with Crippen LogP contribution < -0.4 is 10.0 Å². The van der Waals surface area contributed by atoms with Crippen molar-refractivity contribution in [2.75, 3.05) is 15.8 Å². The van der Waals surface area contributed by atoms with Gasteiger partial charge in [-0.3, -0.25) is 9.52 Å². The summed E-state index contributed by atoms with van der Waals surface area (Å²) in [5, 5.41) is 3.89. The molecule has 1 fully saturated rings. The Labute approximate surface area is 182 Å². The van der Waals surface area contributed by atoms with E-state index in [1.165, 1.54) is 0 Å². The lowest BCUT2D eigenvalue weighted by Gasteiger charge is -2.14. The summed E-state index contributed by atoms with van der Waals surface area (Å²) >= 11 is 0. The standard InChI is InChI=1S/C23H28N4O3S/c1-3-5-12-31(29,30)27-17-8-9-18(15(4-2)13-17)20-14-21(26-23(28)16-6-7-16)25-22-19(20)10-11-24-22/h8-11,13-14,16,27H,3-7,12H2,1-2H3,(H2,24,25,26,28). The zero-order chi connectivity index (χ0) is 22.0. The minimum absolute atomic E-state index is 0.0110. The maximum Gasteiger partial charge on any atom is 0.232 e. The van der Waals surface area contributed by atoms with Crippen LogP contribution in [0.3, 0.4) is 0 Å². The van der Waals surface area contributed by atoms with E-state index in [4.69, 9.17) is 0 Å². The molecule has 3 aromatic rings. The topological polar surface area (TPSA) is 104 Å². The van der Waals surface area contributed by atoms with Crippen molar-refractivity contribution in [3.05, 3.63) is 42.1 Å². The van der Waals surface area contributed by atoms with Gasteiger partial charge in [-0.05, 0) is 66.6 Å². The average molecular weight is 441 g/mol. The summed E-state index contributed by atoms with van der Waals surface area (Å²) in [5.41, 5.74) is 4.24. The third kappa shape index (κ3) is 4.90. The fourth-order valence-corrected chi connectivity index (χ4v) is 4.93. The van der Waals surface area contributed by atoms with E-state index in [1.807, 2.05) is 44.3 Å². The van der Waals surface area contributed by atoms with Crippen molar-refractivity contribution < 1.29 is 13.2 Å². The molecule has 31 heavy (non-hydrogen) atoms. The van der Waals surface area contributed by atoms with Crippen molar-refractivity contribution in [2.45, 2.75) is 46.0 Å².